The van der Waals surface area contributed by atoms with Crippen molar-refractivity contribution in [3.05, 3.63) is 53.1 Å². The summed E-state index contributed by atoms with van der Waals surface area (Å²) in [5, 5.41) is -0.206. The molecule has 1 heterocycles. The number of nitrogens with two attached hydrogens (primary N) is 2. The lowest BCUT2D eigenvalue weighted by molar-refractivity contribution is 0.174. The van der Waals surface area contributed by atoms with E-state index >= 15 is 0 Å². The fraction of sp³-hybridized carbons (Fsp3) is 0.333. The molecule has 2 aliphatic rings. The number of fused-ring (bicyclic) bond motifs is 1. The summed E-state index contributed by atoms with van der Waals surface area (Å²) in [6.45, 7) is 0.523. The van der Waals surface area contributed by atoms with Gasteiger partial charge in [-0.25, -0.2) is 8.42 Å². The third-order valence-corrected chi connectivity index (χ3v) is 7.96. The number of rotatable bonds is 5. The molecule has 8 heteroatoms. The minimum atomic E-state index is -3.62. The van der Waals surface area contributed by atoms with Crippen LogP contribution in [0.1, 0.15) is 11.5 Å². The Morgan fingerprint density at radius 3 is 2.35 bits per heavy atom. The van der Waals surface area contributed by atoms with E-state index in [1.54, 1.807) is 18.2 Å². The highest BCUT2D eigenvalue weighted by Gasteiger charge is 2.69. The molecule has 26 heavy (non-hydrogen) atoms. The summed E-state index contributed by atoms with van der Waals surface area (Å²) in [5.41, 5.74) is 12.1. The quantitative estimate of drug-likeness (QED) is 0.802. The average molecular weight is 395 g/mol. The van der Waals surface area contributed by atoms with Crippen molar-refractivity contribution < 1.29 is 17.9 Å². The molecule has 4 N–H and O–H groups in total. The van der Waals surface area contributed by atoms with Crippen LogP contribution >= 0.6 is 11.6 Å². The van der Waals surface area contributed by atoms with E-state index < -0.39 is 20.5 Å². The van der Waals surface area contributed by atoms with Gasteiger partial charge in [-0.1, -0.05) is 17.7 Å². The summed E-state index contributed by atoms with van der Waals surface area (Å²) in [7, 11) is -3.62. The van der Waals surface area contributed by atoms with E-state index in [2.05, 4.69) is 0 Å². The predicted octanol–water partition coefficient (Wildman–Crippen LogP) is 1.91. The molecule has 2 aromatic rings. The van der Waals surface area contributed by atoms with Crippen LogP contribution in [0.25, 0.3) is 0 Å². The smallest absolute Gasteiger partial charge is 0.231 e. The maximum atomic E-state index is 13.2. The molecular formula is C18H19ClN2O4S. The second kappa shape index (κ2) is 6.13. The number of hydrogen-bond acceptors (Lipinski definition) is 6. The van der Waals surface area contributed by atoms with Crippen molar-refractivity contribution in [1.29, 1.82) is 0 Å². The maximum Gasteiger partial charge on any atom is 0.231 e. The van der Waals surface area contributed by atoms with E-state index in [0.29, 0.717) is 16.5 Å². The van der Waals surface area contributed by atoms with E-state index in [1.165, 1.54) is 12.1 Å². The minimum Gasteiger partial charge on any atom is -0.454 e. The van der Waals surface area contributed by atoms with E-state index in [0.717, 1.165) is 5.56 Å². The highest BCUT2D eigenvalue weighted by molar-refractivity contribution is 7.92. The SMILES string of the molecule is NCC1(CN)[C@H](S(=O)(=O)c2ccc(Cl)cc2)[C@@H]1c1ccc2c(c1)OCO2. The van der Waals surface area contributed by atoms with Gasteiger partial charge in [-0.2, -0.15) is 0 Å². The number of benzene rings is 2. The first kappa shape index (κ1) is 17.6. The van der Waals surface area contributed by atoms with Crippen LogP contribution < -0.4 is 20.9 Å². The van der Waals surface area contributed by atoms with Crippen molar-refractivity contribution in [2.24, 2.45) is 16.9 Å². The fourth-order valence-corrected chi connectivity index (χ4v) is 6.49. The maximum absolute atomic E-state index is 13.2. The second-order valence-electron chi connectivity index (χ2n) is 6.65. The summed E-state index contributed by atoms with van der Waals surface area (Å²) < 4.78 is 37.2. The molecular weight excluding hydrogens is 376 g/mol. The van der Waals surface area contributed by atoms with Gasteiger partial charge in [-0.3, -0.25) is 0 Å². The second-order valence-corrected chi connectivity index (χ2v) is 9.16. The number of ether oxygens (including phenoxy) is 2. The van der Waals surface area contributed by atoms with Crippen LogP contribution in [0, 0.1) is 5.41 Å². The predicted molar refractivity (Wildman–Crippen MR) is 98.3 cm³/mol. The van der Waals surface area contributed by atoms with Crippen LogP contribution in [0.5, 0.6) is 11.5 Å². The minimum absolute atomic E-state index is 0.162. The van der Waals surface area contributed by atoms with Gasteiger partial charge in [0.25, 0.3) is 0 Å². The van der Waals surface area contributed by atoms with Crippen molar-refractivity contribution in [3.8, 4) is 11.5 Å². The monoisotopic (exact) mass is 394 g/mol. The summed E-state index contributed by atoms with van der Waals surface area (Å²) in [6, 6.07) is 11.6. The molecule has 2 aromatic carbocycles. The number of hydrogen-bond donors (Lipinski definition) is 2. The van der Waals surface area contributed by atoms with Crippen LogP contribution in [-0.4, -0.2) is 33.6 Å². The van der Waals surface area contributed by atoms with Gasteiger partial charge in [-0.05, 0) is 42.0 Å². The number of sulfone groups is 1. The molecule has 0 aromatic heterocycles. The first-order valence-corrected chi connectivity index (χ1v) is 10.2. The van der Waals surface area contributed by atoms with Gasteiger partial charge in [0.2, 0.25) is 6.79 Å². The van der Waals surface area contributed by atoms with Crippen molar-refractivity contribution in [2.45, 2.75) is 16.1 Å². The Hall–Kier alpha value is -1.80. The highest BCUT2D eigenvalue weighted by Crippen LogP contribution is 2.63. The van der Waals surface area contributed by atoms with E-state index in [9.17, 15) is 8.42 Å². The normalized spacial score (nSPS) is 23.0. The molecule has 0 radical (unpaired) electrons. The van der Waals surface area contributed by atoms with Crippen LogP contribution in [-0.2, 0) is 9.84 Å². The molecule has 1 aliphatic heterocycles. The van der Waals surface area contributed by atoms with Crippen molar-refractivity contribution >= 4 is 21.4 Å². The molecule has 0 saturated heterocycles. The Morgan fingerprint density at radius 1 is 1.04 bits per heavy atom. The van der Waals surface area contributed by atoms with Crippen LogP contribution in [0.15, 0.2) is 47.4 Å². The van der Waals surface area contributed by atoms with Crippen LogP contribution in [0.2, 0.25) is 5.02 Å². The molecule has 4 rings (SSSR count). The molecule has 0 unspecified atom stereocenters. The first-order valence-electron chi connectivity index (χ1n) is 8.23. The van der Waals surface area contributed by atoms with Gasteiger partial charge in [-0.15, -0.1) is 0 Å². The van der Waals surface area contributed by atoms with Crippen LogP contribution in [0.4, 0.5) is 0 Å². The lowest BCUT2D eigenvalue weighted by Gasteiger charge is -2.13. The summed E-state index contributed by atoms with van der Waals surface area (Å²) in [4.78, 5) is 0.224. The molecule has 1 aliphatic carbocycles. The average Bonchev–Trinajstić information content (AvgIpc) is 3.12. The molecule has 0 bridgehead atoms. The molecule has 1 fully saturated rings. The Balaban J connectivity index is 1.76. The molecule has 138 valence electrons. The largest absolute Gasteiger partial charge is 0.454 e. The molecule has 1 saturated carbocycles. The topological polar surface area (TPSA) is 105 Å². The van der Waals surface area contributed by atoms with Gasteiger partial charge in [0.15, 0.2) is 21.3 Å². The van der Waals surface area contributed by atoms with Gasteiger partial charge in [0.05, 0.1) is 10.1 Å². The third-order valence-electron chi connectivity index (χ3n) is 5.37. The standard InChI is InChI=1S/C18H19ClN2O4S/c19-12-2-4-13(5-3-12)26(22,23)17-16(18(17,8-20)9-21)11-1-6-14-15(7-11)25-10-24-14/h1-7,16-17H,8-10,20-21H2/t16-,17+/m0/s1. The Morgan fingerprint density at radius 2 is 1.69 bits per heavy atom. The Bertz CT molecular complexity index is 942. The highest BCUT2D eigenvalue weighted by atomic mass is 35.5. The third kappa shape index (κ3) is 2.50. The van der Waals surface area contributed by atoms with Gasteiger partial charge in [0.1, 0.15) is 0 Å². The summed E-state index contributed by atoms with van der Waals surface area (Å²) >= 11 is 5.89. The fourth-order valence-electron chi connectivity index (χ4n) is 3.90. The molecule has 0 spiro atoms. The zero-order valence-electron chi connectivity index (χ0n) is 13.9. The van der Waals surface area contributed by atoms with Crippen LogP contribution in [0.3, 0.4) is 0 Å². The molecule has 0 amide bonds. The summed E-state index contributed by atoms with van der Waals surface area (Å²) in [5.74, 6) is 0.963. The van der Waals surface area contributed by atoms with Crippen molar-refractivity contribution in [3.63, 3.8) is 0 Å². The first-order chi connectivity index (χ1) is 12.4. The lowest BCUT2D eigenvalue weighted by Crippen LogP contribution is -2.31. The van der Waals surface area contributed by atoms with E-state index in [4.69, 9.17) is 32.5 Å². The van der Waals surface area contributed by atoms with Gasteiger partial charge < -0.3 is 20.9 Å². The number of halogens is 1. The summed E-state index contributed by atoms with van der Waals surface area (Å²) in [6.07, 6.45) is 0. The molecule has 2 atom stereocenters. The zero-order valence-corrected chi connectivity index (χ0v) is 15.5. The van der Waals surface area contributed by atoms with Gasteiger partial charge in [0, 0.05) is 29.4 Å². The van der Waals surface area contributed by atoms with Gasteiger partial charge >= 0.3 is 0 Å². The van der Waals surface area contributed by atoms with E-state index in [1.807, 2.05) is 12.1 Å². The Labute approximate surface area is 157 Å². The van der Waals surface area contributed by atoms with Crippen molar-refractivity contribution in [2.75, 3.05) is 19.9 Å². The Kier molecular flexibility index (Phi) is 4.15. The van der Waals surface area contributed by atoms with Crippen molar-refractivity contribution in [1.82, 2.24) is 0 Å². The zero-order chi connectivity index (χ0) is 18.5. The molecule has 6 nitrogen and oxygen atoms in total. The van der Waals surface area contributed by atoms with E-state index in [-0.39, 0.29) is 30.7 Å². The lowest BCUT2D eigenvalue weighted by atomic mass is 9.99.